The molecule has 0 aliphatic carbocycles. The summed E-state index contributed by atoms with van der Waals surface area (Å²) in [6, 6.07) is 2.21. The van der Waals surface area contributed by atoms with Crippen LogP contribution in [0.25, 0.3) is 0 Å². The molecule has 2 saturated heterocycles. The lowest BCUT2D eigenvalue weighted by molar-refractivity contribution is 0.0698. The van der Waals surface area contributed by atoms with Crippen molar-refractivity contribution >= 4 is 0 Å². The van der Waals surface area contributed by atoms with Crippen LogP contribution < -0.4 is 0 Å². The largest absolute Gasteiger partial charge is 0.313 e. The molecule has 0 aromatic carbocycles. The quantitative estimate of drug-likeness (QED) is 0.852. The zero-order chi connectivity index (χ0) is 15.1. The summed E-state index contributed by atoms with van der Waals surface area (Å²) >= 11 is 0. The zero-order valence-corrected chi connectivity index (χ0v) is 14.0. The summed E-state index contributed by atoms with van der Waals surface area (Å²) in [5.74, 6) is 2.42. The second-order valence-corrected chi connectivity index (χ2v) is 7.20. The van der Waals surface area contributed by atoms with Crippen LogP contribution in [0.4, 0.5) is 0 Å². The summed E-state index contributed by atoms with van der Waals surface area (Å²) in [5, 5.41) is 8.89. The Labute approximate surface area is 133 Å². The van der Waals surface area contributed by atoms with Crippen LogP contribution in [0.2, 0.25) is 0 Å². The number of aryl methyl sites for hydroxylation is 1. The number of likely N-dealkylation sites (tertiary alicyclic amines) is 1. The van der Waals surface area contributed by atoms with Crippen LogP contribution in [0.1, 0.15) is 51.2 Å². The Balaban J connectivity index is 1.53. The lowest BCUT2D eigenvalue weighted by atomic mass is 10.0. The Hall–Kier alpha value is -0.940. The normalized spacial score (nSPS) is 30.5. The van der Waals surface area contributed by atoms with Gasteiger partial charge >= 0.3 is 0 Å². The van der Waals surface area contributed by atoms with Gasteiger partial charge in [0.2, 0.25) is 0 Å². The van der Waals surface area contributed by atoms with Crippen LogP contribution in [0, 0.1) is 0 Å². The van der Waals surface area contributed by atoms with E-state index in [1.165, 1.54) is 57.0 Å². The number of fused-ring (bicyclic) bond motifs is 3. The maximum atomic E-state index is 4.49. The van der Waals surface area contributed by atoms with Crippen molar-refractivity contribution in [3.8, 4) is 0 Å². The summed E-state index contributed by atoms with van der Waals surface area (Å²) < 4.78 is 2.43. The standard InChI is InChI=1S/C17H29N5/c1-3-16-18-19-17-11-14-5-6-15(12-21(16)17)22(14)13-7-9-20(4-2)10-8-13/h13-15H,3-12H2,1-2H3. The Kier molecular flexibility index (Phi) is 3.95. The van der Waals surface area contributed by atoms with E-state index >= 15 is 0 Å². The zero-order valence-electron chi connectivity index (χ0n) is 14.0. The highest BCUT2D eigenvalue weighted by molar-refractivity contribution is 5.07. The van der Waals surface area contributed by atoms with E-state index in [0.717, 1.165) is 25.4 Å². The molecule has 1 aromatic heterocycles. The summed E-state index contributed by atoms with van der Waals surface area (Å²) in [6.45, 7) is 9.37. The molecule has 122 valence electrons. The van der Waals surface area contributed by atoms with Gasteiger partial charge in [0.1, 0.15) is 11.6 Å². The molecule has 2 bridgehead atoms. The van der Waals surface area contributed by atoms with Gasteiger partial charge in [-0.15, -0.1) is 10.2 Å². The van der Waals surface area contributed by atoms with E-state index in [0.29, 0.717) is 12.1 Å². The second kappa shape index (κ2) is 5.93. The summed E-state index contributed by atoms with van der Waals surface area (Å²) in [4.78, 5) is 5.49. The third-order valence-electron chi connectivity index (χ3n) is 6.13. The average Bonchev–Trinajstić information content (AvgIpc) is 3.07. The van der Waals surface area contributed by atoms with E-state index in [4.69, 9.17) is 0 Å². The SMILES string of the molecule is CCc1nnc2n1CC1CCC(C2)N1C1CCN(CC)CC1. The fourth-order valence-corrected chi connectivity index (χ4v) is 4.92. The van der Waals surface area contributed by atoms with Crippen molar-refractivity contribution in [1.82, 2.24) is 24.6 Å². The highest BCUT2D eigenvalue weighted by Crippen LogP contribution is 2.35. The topological polar surface area (TPSA) is 37.2 Å². The van der Waals surface area contributed by atoms with Crippen molar-refractivity contribution in [2.75, 3.05) is 19.6 Å². The Morgan fingerprint density at radius 1 is 0.955 bits per heavy atom. The van der Waals surface area contributed by atoms with E-state index in [1.807, 2.05) is 0 Å². The third kappa shape index (κ3) is 2.38. The average molecular weight is 303 g/mol. The van der Waals surface area contributed by atoms with Gasteiger partial charge in [-0.1, -0.05) is 13.8 Å². The maximum Gasteiger partial charge on any atom is 0.134 e. The van der Waals surface area contributed by atoms with Crippen LogP contribution in [0.15, 0.2) is 0 Å². The minimum Gasteiger partial charge on any atom is -0.313 e. The number of hydrogen-bond donors (Lipinski definition) is 0. The third-order valence-corrected chi connectivity index (χ3v) is 6.13. The second-order valence-electron chi connectivity index (χ2n) is 7.20. The number of nitrogens with zero attached hydrogens (tertiary/aromatic N) is 5. The highest BCUT2D eigenvalue weighted by Gasteiger charge is 2.42. The van der Waals surface area contributed by atoms with Crippen LogP contribution >= 0.6 is 0 Å². The molecule has 2 atom stereocenters. The lowest BCUT2D eigenvalue weighted by Gasteiger charge is -2.41. The molecule has 5 heteroatoms. The molecule has 3 aliphatic rings. The fraction of sp³-hybridized carbons (Fsp3) is 0.882. The van der Waals surface area contributed by atoms with Gasteiger partial charge in [-0.25, -0.2) is 0 Å². The van der Waals surface area contributed by atoms with E-state index in [-0.39, 0.29) is 0 Å². The Morgan fingerprint density at radius 2 is 1.73 bits per heavy atom. The monoisotopic (exact) mass is 303 g/mol. The molecule has 22 heavy (non-hydrogen) atoms. The molecule has 4 rings (SSSR count). The van der Waals surface area contributed by atoms with Gasteiger partial charge in [-0.3, -0.25) is 4.90 Å². The molecule has 0 amide bonds. The highest BCUT2D eigenvalue weighted by atomic mass is 15.3. The summed E-state index contributed by atoms with van der Waals surface area (Å²) in [6.07, 6.45) is 7.52. The molecule has 0 radical (unpaired) electrons. The van der Waals surface area contributed by atoms with Crippen molar-refractivity contribution in [2.45, 2.75) is 77.0 Å². The van der Waals surface area contributed by atoms with Gasteiger partial charge in [0, 0.05) is 37.5 Å². The van der Waals surface area contributed by atoms with Crippen LogP contribution in [0.3, 0.4) is 0 Å². The molecule has 5 nitrogen and oxygen atoms in total. The molecule has 0 saturated carbocycles. The predicted octanol–water partition coefficient (Wildman–Crippen LogP) is 1.71. The molecular weight excluding hydrogens is 274 g/mol. The van der Waals surface area contributed by atoms with E-state index in [9.17, 15) is 0 Å². The first-order valence-electron chi connectivity index (χ1n) is 9.20. The van der Waals surface area contributed by atoms with Gasteiger partial charge < -0.3 is 9.47 Å². The summed E-state index contributed by atoms with van der Waals surface area (Å²) in [5.41, 5.74) is 0. The lowest BCUT2D eigenvalue weighted by Crippen LogP contribution is -2.50. The number of aromatic nitrogens is 3. The minimum atomic E-state index is 0.707. The Bertz CT molecular complexity index is 517. The van der Waals surface area contributed by atoms with Crippen LogP contribution in [-0.2, 0) is 19.4 Å². The molecule has 3 aliphatic heterocycles. The van der Waals surface area contributed by atoms with Gasteiger partial charge in [0.25, 0.3) is 0 Å². The van der Waals surface area contributed by atoms with Crippen molar-refractivity contribution in [3.05, 3.63) is 11.6 Å². The van der Waals surface area contributed by atoms with Crippen LogP contribution in [-0.4, -0.2) is 62.3 Å². The smallest absolute Gasteiger partial charge is 0.134 e. The number of rotatable bonds is 3. The maximum absolute atomic E-state index is 4.49. The van der Waals surface area contributed by atoms with Crippen molar-refractivity contribution in [2.24, 2.45) is 0 Å². The first kappa shape index (κ1) is 14.6. The Morgan fingerprint density at radius 3 is 2.45 bits per heavy atom. The first-order valence-corrected chi connectivity index (χ1v) is 9.20. The molecule has 4 heterocycles. The van der Waals surface area contributed by atoms with E-state index < -0.39 is 0 Å². The summed E-state index contributed by atoms with van der Waals surface area (Å²) in [7, 11) is 0. The minimum absolute atomic E-state index is 0.707. The number of piperidine rings is 1. The first-order chi connectivity index (χ1) is 10.8. The molecular formula is C17H29N5. The number of hydrogen-bond acceptors (Lipinski definition) is 4. The van der Waals surface area contributed by atoms with Gasteiger partial charge in [-0.05, 0) is 45.3 Å². The van der Waals surface area contributed by atoms with E-state index in [1.54, 1.807) is 0 Å². The van der Waals surface area contributed by atoms with Crippen molar-refractivity contribution < 1.29 is 0 Å². The van der Waals surface area contributed by atoms with Crippen LogP contribution in [0.5, 0.6) is 0 Å². The predicted molar refractivity (Wildman–Crippen MR) is 86.9 cm³/mol. The van der Waals surface area contributed by atoms with Crippen molar-refractivity contribution in [3.63, 3.8) is 0 Å². The van der Waals surface area contributed by atoms with Gasteiger partial charge in [0.15, 0.2) is 0 Å². The molecule has 2 unspecified atom stereocenters. The van der Waals surface area contributed by atoms with Gasteiger partial charge in [0.05, 0.1) is 0 Å². The molecule has 0 spiro atoms. The van der Waals surface area contributed by atoms with E-state index in [2.05, 4.69) is 38.4 Å². The molecule has 1 aromatic rings. The van der Waals surface area contributed by atoms with Gasteiger partial charge in [-0.2, -0.15) is 0 Å². The van der Waals surface area contributed by atoms with Crippen molar-refractivity contribution in [1.29, 1.82) is 0 Å². The molecule has 0 N–H and O–H groups in total. The fourth-order valence-electron chi connectivity index (χ4n) is 4.92. The molecule has 2 fully saturated rings.